The van der Waals surface area contributed by atoms with Crippen molar-refractivity contribution in [3.05, 3.63) is 29.3 Å². The predicted octanol–water partition coefficient (Wildman–Crippen LogP) is 2.10. The highest BCUT2D eigenvalue weighted by atomic mass is 16.5. The van der Waals surface area contributed by atoms with Crippen LogP contribution in [0.15, 0.2) is 18.2 Å². The second-order valence-corrected chi connectivity index (χ2v) is 6.36. The minimum absolute atomic E-state index is 0.134. The zero-order valence-electron chi connectivity index (χ0n) is 14.0. The Morgan fingerprint density at radius 2 is 2.09 bits per heavy atom. The Morgan fingerprint density at radius 1 is 1.39 bits per heavy atom. The van der Waals surface area contributed by atoms with Gasteiger partial charge >= 0.3 is 6.03 Å². The molecule has 1 saturated heterocycles. The number of nitrogens with one attached hydrogen (secondary N) is 2. The summed E-state index contributed by atoms with van der Waals surface area (Å²) in [6.45, 7) is 9.87. The van der Waals surface area contributed by atoms with Gasteiger partial charge in [0.15, 0.2) is 0 Å². The summed E-state index contributed by atoms with van der Waals surface area (Å²) >= 11 is 0. The van der Waals surface area contributed by atoms with E-state index in [1.54, 1.807) is 12.1 Å². The second-order valence-electron chi connectivity index (χ2n) is 6.36. The molecule has 23 heavy (non-hydrogen) atoms. The minimum atomic E-state index is -0.260. The number of anilines is 1. The summed E-state index contributed by atoms with van der Waals surface area (Å²) in [6, 6.07) is 7.06. The quantitative estimate of drug-likeness (QED) is 0.892. The average molecular weight is 316 g/mol. The number of ether oxygens (including phenoxy) is 1. The van der Waals surface area contributed by atoms with Gasteiger partial charge in [0.2, 0.25) is 0 Å². The van der Waals surface area contributed by atoms with E-state index >= 15 is 0 Å². The van der Waals surface area contributed by atoms with Gasteiger partial charge in [-0.25, -0.2) is 4.79 Å². The van der Waals surface area contributed by atoms with Crippen molar-refractivity contribution in [3.8, 4) is 6.07 Å². The van der Waals surface area contributed by atoms with Crippen LogP contribution in [0.3, 0.4) is 0 Å². The first-order valence-corrected chi connectivity index (χ1v) is 7.81. The van der Waals surface area contributed by atoms with Crippen LogP contribution in [0.5, 0.6) is 0 Å². The SMILES string of the molecule is Cc1ccc(C#N)cc1NC(=O)NCC(C)(C)N1CCOCC1. The Hall–Kier alpha value is -2.10. The number of nitrogens with zero attached hydrogens (tertiary/aromatic N) is 2. The molecule has 6 nitrogen and oxygen atoms in total. The lowest BCUT2D eigenvalue weighted by Crippen LogP contribution is -2.55. The standard InChI is InChI=1S/C17H24N4O2/c1-13-4-5-14(11-18)10-15(13)20-16(22)19-12-17(2,3)21-6-8-23-9-7-21/h4-5,10H,6-9,12H2,1-3H3,(H2,19,20,22). The molecule has 124 valence electrons. The number of hydrogen-bond donors (Lipinski definition) is 2. The van der Waals surface area contributed by atoms with E-state index in [1.165, 1.54) is 0 Å². The fraction of sp³-hybridized carbons (Fsp3) is 0.529. The molecule has 0 bridgehead atoms. The van der Waals surface area contributed by atoms with Gasteiger partial charge in [-0.2, -0.15) is 5.26 Å². The Kier molecular flexibility index (Phi) is 5.59. The van der Waals surface area contributed by atoms with Crippen molar-refractivity contribution >= 4 is 11.7 Å². The summed E-state index contributed by atoms with van der Waals surface area (Å²) in [5, 5.41) is 14.7. The van der Waals surface area contributed by atoms with Crippen LogP contribution in [0, 0.1) is 18.3 Å². The van der Waals surface area contributed by atoms with Gasteiger partial charge in [-0.1, -0.05) is 6.07 Å². The van der Waals surface area contributed by atoms with Gasteiger partial charge in [0, 0.05) is 30.9 Å². The molecule has 1 aliphatic heterocycles. The van der Waals surface area contributed by atoms with Crippen LogP contribution in [0.25, 0.3) is 0 Å². The van der Waals surface area contributed by atoms with E-state index in [-0.39, 0.29) is 11.6 Å². The molecule has 0 unspecified atom stereocenters. The molecule has 0 aliphatic carbocycles. The van der Waals surface area contributed by atoms with Crippen LogP contribution < -0.4 is 10.6 Å². The van der Waals surface area contributed by atoms with Gasteiger partial charge in [0.1, 0.15) is 0 Å². The minimum Gasteiger partial charge on any atom is -0.379 e. The number of benzene rings is 1. The summed E-state index contributed by atoms with van der Waals surface area (Å²) in [7, 11) is 0. The van der Waals surface area contributed by atoms with Gasteiger partial charge in [-0.3, -0.25) is 4.90 Å². The fourth-order valence-electron chi connectivity index (χ4n) is 2.57. The highest BCUT2D eigenvalue weighted by molar-refractivity contribution is 5.90. The maximum atomic E-state index is 12.1. The van der Waals surface area contributed by atoms with Crippen LogP contribution in [-0.4, -0.2) is 49.3 Å². The predicted molar refractivity (Wildman–Crippen MR) is 89.4 cm³/mol. The van der Waals surface area contributed by atoms with Crippen molar-refractivity contribution in [1.82, 2.24) is 10.2 Å². The lowest BCUT2D eigenvalue weighted by atomic mass is 10.0. The molecule has 2 rings (SSSR count). The van der Waals surface area contributed by atoms with E-state index in [0.717, 1.165) is 31.9 Å². The Labute approximate surface area is 137 Å². The molecule has 0 aromatic heterocycles. The molecule has 1 heterocycles. The van der Waals surface area contributed by atoms with Crippen LogP contribution in [0.1, 0.15) is 25.0 Å². The molecule has 2 N–H and O–H groups in total. The van der Waals surface area contributed by atoms with E-state index in [2.05, 4.69) is 35.5 Å². The van der Waals surface area contributed by atoms with E-state index in [0.29, 0.717) is 17.8 Å². The number of carbonyl (C=O) groups excluding carboxylic acids is 1. The number of hydrogen-bond acceptors (Lipinski definition) is 4. The molecule has 0 spiro atoms. The van der Waals surface area contributed by atoms with Crippen molar-refractivity contribution in [1.29, 1.82) is 5.26 Å². The highest BCUT2D eigenvalue weighted by Gasteiger charge is 2.28. The topological polar surface area (TPSA) is 77.4 Å². The van der Waals surface area contributed by atoms with Gasteiger partial charge in [0.05, 0.1) is 24.8 Å². The third-order valence-electron chi connectivity index (χ3n) is 4.16. The first kappa shape index (κ1) is 17.3. The maximum absolute atomic E-state index is 12.1. The highest BCUT2D eigenvalue weighted by Crippen LogP contribution is 2.17. The van der Waals surface area contributed by atoms with E-state index < -0.39 is 0 Å². The van der Waals surface area contributed by atoms with Gasteiger partial charge < -0.3 is 15.4 Å². The molecule has 2 amide bonds. The van der Waals surface area contributed by atoms with Crippen molar-refractivity contribution in [3.63, 3.8) is 0 Å². The monoisotopic (exact) mass is 316 g/mol. The van der Waals surface area contributed by atoms with E-state index in [9.17, 15) is 4.79 Å². The van der Waals surface area contributed by atoms with Gasteiger partial charge in [0.25, 0.3) is 0 Å². The third-order valence-corrected chi connectivity index (χ3v) is 4.16. The zero-order chi connectivity index (χ0) is 16.9. The molecule has 0 radical (unpaired) electrons. The van der Waals surface area contributed by atoms with Crippen molar-refractivity contribution in [2.24, 2.45) is 0 Å². The zero-order valence-corrected chi connectivity index (χ0v) is 14.0. The fourth-order valence-corrected chi connectivity index (χ4v) is 2.57. The number of morpholine rings is 1. The summed E-state index contributed by atoms with van der Waals surface area (Å²) in [4.78, 5) is 14.5. The summed E-state index contributed by atoms with van der Waals surface area (Å²) in [6.07, 6.45) is 0. The second kappa shape index (κ2) is 7.44. The molecule has 1 aromatic carbocycles. The molecule has 0 atom stereocenters. The normalized spacial score (nSPS) is 15.7. The summed E-state index contributed by atoms with van der Waals surface area (Å²) < 4.78 is 5.37. The number of amides is 2. The smallest absolute Gasteiger partial charge is 0.319 e. The van der Waals surface area contributed by atoms with Gasteiger partial charge in [-0.05, 0) is 38.5 Å². The maximum Gasteiger partial charge on any atom is 0.319 e. The molecule has 0 saturated carbocycles. The number of urea groups is 1. The van der Waals surface area contributed by atoms with Crippen molar-refractivity contribution in [2.75, 3.05) is 38.2 Å². The Bertz CT molecular complexity index is 601. The van der Waals surface area contributed by atoms with Crippen LogP contribution in [0.2, 0.25) is 0 Å². The summed E-state index contributed by atoms with van der Waals surface area (Å²) in [5.74, 6) is 0. The van der Waals surface area contributed by atoms with E-state index in [1.807, 2.05) is 13.0 Å². The third kappa shape index (κ3) is 4.68. The number of nitriles is 1. The van der Waals surface area contributed by atoms with Crippen LogP contribution >= 0.6 is 0 Å². The number of carbonyl (C=O) groups is 1. The lowest BCUT2D eigenvalue weighted by molar-refractivity contribution is -0.00863. The average Bonchev–Trinajstić information content (AvgIpc) is 2.56. The van der Waals surface area contributed by atoms with Crippen molar-refractivity contribution < 1.29 is 9.53 Å². The molecule has 6 heteroatoms. The largest absolute Gasteiger partial charge is 0.379 e. The van der Waals surface area contributed by atoms with Crippen molar-refractivity contribution in [2.45, 2.75) is 26.3 Å². The molecular formula is C17H24N4O2. The van der Waals surface area contributed by atoms with Crippen LogP contribution in [-0.2, 0) is 4.74 Å². The first-order valence-electron chi connectivity index (χ1n) is 7.81. The van der Waals surface area contributed by atoms with Crippen LogP contribution in [0.4, 0.5) is 10.5 Å². The summed E-state index contributed by atoms with van der Waals surface area (Å²) in [5.41, 5.74) is 1.97. The Balaban J connectivity index is 1.91. The first-order chi connectivity index (χ1) is 10.9. The molecule has 1 aliphatic rings. The molecule has 1 fully saturated rings. The van der Waals surface area contributed by atoms with Gasteiger partial charge in [-0.15, -0.1) is 0 Å². The number of aryl methyl sites for hydroxylation is 1. The molecule has 1 aromatic rings. The number of rotatable bonds is 4. The van der Waals surface area contributed by atoms with E-state index in [4.69, 9.17) is 10.00 Å². The Morgan fingerprint density at radius 3 is 2.74 bits per heavy atom. The lowest BCUT2D eigenvalue weighted by Gasteiger charge is -2.40. The molecular weight excluding hydrogens is 292 g/mol.